The lowest BCUT2D eigenvalue weighted by Gasteiger charge is -2.19. The molecule has 0 aromatic heterocycles. The Morgan fingerprint density at radius 3 is 2.55 bits per heavy atom. The maximum Gasteiger partial charge on any atom is 0.150 e. The quantitative estimate of drug-likeness (QED) is 0.799. The summed E-state index contributed by atoms with van der Waals surface area (Å²) in [6, 6.07) is 8.54. The first-order valence-corrected chi connectivity index (χ1v) is 8.86. The van der Waals surface area contributed by atoms with Crippen LogP contribution < -0.4 is 10.2 Å². The summed E-state index contributed by atoms with van der Waals surface area (Å²) in [5.74, 6) is 0.502. The molecule has 0 heterocycles. The lowest BCUT2D eigenvalue weighted by Crippen LogP contribution is -2.19. The second kappa shape index (κ2) is 7.64. The van der Waals surface area contributed by atoms with Gasteiger partial charge in [0.25, 0.3) is 0 Å². The number of benzene rings is 1. The third-order valence-corrected chi connectivity index (χ3v) is 5.32. The Labute approximate surface area is 123 Å². The first kappa shape index (κ1) is 17.0. The monoisotopic (exact) mass is 298 g/mol. The van der Waals surface area contributed by atoms with Gasteiger partial charge in [0.05, 0.1) is 5.75 Å². The third kappa shape index (κ3) is 5.13. The Morgan fingerprint density at radius 2 is 2.00 bits per heavy atom. The fraction of sp³-hybridized carbons (Fsp3) is 0.600. The van der Waals surface area contributed by atoms with Gasteiger partial charge in [-0.25, -0.2) is 8.42 Å². The van der Waals surface area contributed by atoms with Crippen LogP contribution in [-0.4, -0.2) is 41.1 Å². The summed E-state index contributed by atoms with van der Waals surface area (Å²) in [6.07, 6.45) is 1.51. The number of nitrogens with zero attached hydrogens (tertiary/aromatic N) is 1. The molecule has 1 atom stereocenters. The summed E-state index contributed by atoms with van der Waals surface area (Å²) >= 11 is 0. The van der Waals surface area contributed by atoms with Gasteiger partial charge in [-0.15, -0.1) is 0 Å². The van der Waals surface area contributed by atoms with Crippen molar-refractivity contribution < 1.29 is 8.42 Å². The highest BCUT2D eigenvalue weighted by Crippen LogP contribution is 2.22. The zero-order valence-corrected chi connectivity index (χ0v) is 13.7. The van der Waals surface area contributed by atoms with Gasteiger partial charge in [0.2, 0.25) is 0 Å². The first-order chi connectivity index (χ1) is 9.39. The van der Waals surface area contributed by atoms with E-state index in [0.717, 1.165) is 12.1 Å². The van der Waals surface area contributed by atoms with E-state index in [1.807, 2.05) is 27.2 Å². The molecule has 1 rings (SSSR count). The largest absolute Gasteiger partial charge is 0.378 e. The highest BCUT2D eigenvalue weighted by Gasteiger charge is 2.13. The van der Waals surface area contributed by atoms with Crippen LogP contribution in [0.15, 0.2) is 24.3 Å². The van der Waals surface area contributed by atoms with Crippen LogP contribution in [-0.2, 0) is 9.84 Å². The van der Waals surface area contributed by atoms with Gasteiger partial charge in [-0.3, -0.25) is 0 Å². The Balaban J connectivity index is 2.69. The SMILES string of the molecule is CCS(=O)(=O)CCCC(NC)c1cccc(N(C)C)c1. The predicted octanol–water partition coefficient (Wildman–Crippen LogP) is 2.23. The van der Waals surface area contributed by atoms with Crippen molar-refractivity contribution in [2.45, 2.75) is 25.8 Å². The predicted molar refractivity (Wildman–Crippen MR) is 86.1 cm³/mol. The molecule has 1 aromatic carbocycles. The van der Waals surface area contributed by atoms with E-state index in [-0.39, 0.29) is 17.5 Å². The van der Waals surface area contributed by atoms with Gasteiger partial charge in [0, 0.05) is 31.6 Å². The zero-order chi connectivity index (χ0) is 15.2. The fourth-order valence-corrected chi connectivity index (χ4v) is 3.04. The van der Waals surface area contributed by atoms with Gasteiger partial charge >= 0.3 is 0 Å². The molecular weight excluding hydrogens is 272 g/mol. The van der Waals surface area contributed by atoms with Crippen molar-refractivity contribution in [1.29, 1.82) is 0 Å². The minimum Gasteiger partial charge on any atom is -0.378 e. The van der Waals surface area contributed by atoms with Crippen molar-refractivity contribution in [3.8, 4) is 0 Å². The van der Waals surface area contributed by atoms with Gasteiger partial charge in [-0.2, -0.15) is 0 Å². The Kier molecular flexibility index (Phi) is 6.49. The van der Waals surface area contributed by atoms with Crippen molar-refractivity contribution in [3.63, 3.8) is 0 Å². The molecule has 0 saturated carbocycles. The van der Waals surface area contributed by atoms with Crippen LogP contribution >= 0.6 is 0 Å². The highest BCUT2D eigenvalue weighted by atomic mass is 32.2. The fourth-order valence-electron chi connectivity index (χ4n) is 2.15. The second-order valence-corrected chi connectivity index (χ2v) is 7.68. The minimum atomic E-state index is -2.86. The summed E-state index contributed by atoms with van der Waals surface area (Å²) in [5, 5.41) is 3.28. The molecule has 0 fully saturated rings. The van der Waals surface area contributed by atoms with Gasteiger partial charge < -0.3 is 10.2 Å². The van der Waals surface area contributed by atoms with Crippen molar-refractivity contribution in [3.05, 3.63) is 29.8 Å². The average Bonchev–Trinajstić information content (AvgIpc) is 2.43. The number of sulfone groups is 1. The smallest absolute Gasteiger partial charge is 0.150 e. The molecule has 0 saturated heterocycles. The Hall–Kier alpha value is -1.07. The maximum absolute atomic E-state index is 11.5. The lowest BCUT2D eigenvalue weighted by atomic mass is 10.0. The van der Waals surface area contributed by atoms with E-state index >= 15 is 0 Å². The summed E-state index contributed by atoms with van der Waals surface area (Å²) in [7, 11) is 3.09. The highest BCUT2D eigenvalue weighted by molar-refractivity contribution is 7.91. The molecule has 0 radical (unpaired) electrons. The van der Waals surface area contributed by atoms with Gasteiger partial charge in [0.15, 0.2) is 0 Å². The number of hydrogen-bond donors (Lipinski definition) is 1. The first-order valence-electron chi connectivity index (χ1n) is 7.04. The van der Waals surface area contributed by atoms with Crippen LogP contribution in [0.1, 0.15) is 31.4 Å². The van der Waals surface area contributed by atoms with Crippen LogP contribution in [0.5, 0.6) is 0 Å². The summed E-state index contributed by atoms with van der Waals surface area (Å²) < 4.78 is 23.0. The summed E-state index contributed by atoms with van der Waals surface area (Å²) in [4.78, 5) is 2.07. The van der Waals surface area contributed by atoms with E-state index in [1.165, 1.54) is 5.56 Å². The second-order valence-electron chi connectivity index (χ2n) is 5.21. The molecule has 0 aliphatic carbocycles. The standard InChI is InChI=1S/C15H26N2O2S/c1-5-20(18,19)11-7-10-15(16-2)13-8-6-9-14(12-13)17(3)4/h6,8-9,12,15-16H,5,7,10-11H2,1-4H3. The van der Waals surface area contributed by atoms with Crippen molar-refractivity contribution >= 4 is 15.5 Å². The molecule has 0 bridgehead atoms. The maximum atomic E-state index is 11.5. The van der Waals surface area contributed by atoms with Crippen molar-refractivity contribution in [2.75, 3.05) is 37.5 Å². The van der Waals surface area contributed by atoms with E-state index in [0.29, 0.717) is 6.42 Å². The molecule has 0 amide bonds. The Morgan fingerprint density at radius 1 is 1.30 bits per heavy atom. The van der Waals surface area contributed by atoms with E-state index in [2.05, 4.69) is 28.4 Å². The molecule has 1 N–H and O–H groups in total. The van der Waals surface area contributed by atoms with Crippen molar-refractivity contribution in [2.24, 2.45) is 0 Å². The van der Waals surface area contributed by atoms with E-state index in [1.54, 1.807) is 6.92 Å². The molecule has 114 valence electrons. The van der Waals surface area contributed by atoms with Gasteiger partial charge in [-0.1, -0.05) is 19.1 Å². The van der Waals surface area contributed by atoms with E-state index in [9.17, 15) is 8.42 Å². The summed E-state index contributed by atoms with van der Waals surface area (Å²) in [6.45, 7) is 1.70. The van der Waals surface area contributed by atoms with Crippen LogP contribution in [0, 0.1) is 0 Å². The zero-order valence-electron chi connectivity index (χ0n) is 12.9. The molecule has 0 aliphatic rings. The molecule has 1 unspecified atom stereocenters. The van der Waals surface area contributed by atoms with E-state index < -0.39 is 9.84 Å². The molecule has 20 heavy (non-hydrogen) atoms. The Bertz CT molecular complexity index is 512. The molecule has 5 heteroatoms. The molecular formula is C15H26N2O2S. The molecule has 0 spiro atoms. The number of anilines is 1. The van der Waals surface area contributed by atoms with Crippen LogP contribution in [0.25, 0.3) is 0 Å². The minimum absolute atomic E-state index is 0.196. The number of rotatable bonds is 8. The molecule has 4 nitrogen and oxygen atoms in total. The normalized spacial score (nSPS) is 13.2. The van der Waals surface area contributed by atoms with Gasteiger partial charge in [0.1, 0.15) is 9.84 Å². The number of hydrogen-bond acceptors (Lipinski definition) is 4. The topological polar surface area (TPSA) is 49.4 Å². The molecule has 1 aromatic rings. The average molecular weight is 298 g/mol. The van der Waals surface area contributed by atoms with Crippen LogP contribution in [0.3, 0.4) is 0 Å². The molecule has 0 aliphatic heterocycles. The third-order valence-electron chi connectivity index (χ3n) is 3.53. The number of nitrogens with one attached hydrogen (secondary N) is 1. The van der Waals surface area contributed by atoms with Gasteiger partial charge in [-0.05, 0) is 37.6 Å². The lowest BCUT2D eigenvalue weighted by molar-refractivity contribution is 0.535. The van der Waals surface area contributed by atoms with Crippen molar-refractivity contribution in [1.82, 2.24) is 5.32 Å². The van der Waals surface area contributed by atoms with Crippen LogP contribution in [0.4, 0.5) is 5.69 Å². The van der Waals surface area contributed by atoms with Crippen LogP contribution in [0.2, 0.25) is 0 Å². The summed E-state index contributed by atoms with van der Waals surface area (Å²) in [5.41, 5.74) is 2.36. The van der Waals surface area contributed by atoms with E-state index in [4.69, 9.17) is 0 Å².